The Morgan fingerprint density at radius 1 is 1.41 bits per heavy atom. The van der Waals surface area contributed by atoms with Crippen LogP contribution in [0.2, 0.25) is 5.02 Å². The molecular weight excluding hydrogens is 319 g/mol. The molecule has 1 saturated heterocycles. The molecule has 1 aromatic carbocycles. The van der Waals surface area contributed by atoms with Crippen LogP contribution in [0.3, 0.4) is 0 Å². The second-order valence-electron chi connectivity index (χ2n) is 6.92. The molecule has 0 bridgehead atoms. The zero-order chi connectivity index (χ0) is 15.5. The van der Waals surface area contributed by atoms with Crippen molar-refractivity contribution in [1.29, 1.82) is 0 Å². The Balaban J connectivity index is 0.00000242. The Kier molecular flexibility index (Phi) is 7.17. The van der Waals surface area contributed by atoms with E-state index in [9.17, 15) is 4.79 Å². The predicted molar refractivity (Wildman–Crippen MR) is 94.7 cm³/mol. The van der Waals surface area contributed by atoms with Crippen molar-refractivity contribution in [3.63, 3.8) is 0 Å². The van der Waals surface area contributed by atoms with Crippen LogP contribution in [0.15, 0.2) is 24.3 Å². The third-order valence-electron chi connectivity index (χ3n) is 3.89. The fourth-order valence-electron chi connectivity index (χ4n) is 2.64. The summed E-state index contributed by atoms with van der Waals surface area (Å²) in [6, 6.07) is 7.92. The van der Waals surface area contributed by atoms with Gasteiger partial charge in [-0.3, -0.25) is 4.79 Å². The number of amides is 1. The summed E-state index contributed by atoms with van der Waals surface area (Å²) in [6.45, 7) is 8.94. The number of hydrogen-bond donors (Lipinski definition) is 1. The summed E-state index contributed by atoms with van der Waals surface area (Å²) in [6.07, 6.45) is 1.53. The topological polar surface area (TPSA) is 32.3 Å². The lowest BCUT2D eigenvalue weighted by Gasteiger charge is -2.37. The van der Waals surface area contributed by atoms with E-state index in [1.807, 2.05) is 29.2 Å². The highest BCUT2D eigenvalue weighted by Gasteiger charge is 2.28. The summed E-state index contributed by atoms with van der Waals surface area (Å²) in [7, 11) is 0. The van der Waals surface area contributed by atoms with Crippen molar-refractivity contribution in [2.45, 2.75) is 39.7 Å². The molecule has 1 aromatic rings. The molecule has 1 aliphatic heterocycles. The first kappa shape index (κ1) is 19.3. The van der Waals surface area contributed by atoms with Crippen molar-refractivity contribution in [3.05, 3.63) is 34.9 Å². The average molecular weight is 345 g/mol. The molecule has 1 aliphatic rings. The summed E-state index contributed by atoms with van der Waals surface area (Å²) in [5.74, 6) is 0.247. The SMILES string of the molecule is CC(C)(C)CCC(=O)N1CCNCC1c1cccc(Cl)c1.Cl. The average Bonchev–Trinajstić information content (AvgIpc) is 2.44. The van der Waals surface area contributed by atoms with Crippen LogP contribution in [0.4, 0.5) is 0 Å². The summed E-state index contributed by atoms with van der Waals surface area (Å²) < 4.78 is 0. The normalized spacial score (nSPS) is 18.7. The van der Waals surface area contributed by atoms with Gasteiger partial charge in [0.05, 0.1) is 6.04 Å². The van der Waals surface area contributed by atoms with Gasteiger partial charge < -0.3 is 10.2 Å². The molecule has 0 saturated carbocycles. The van der Waals surface area contributed by atoms with Crippen molar-refractivity contribution in [1.82, 2.24) is 10.2 Å². The van der Waals surface area contributed by atoms with Gasteiger partial charge in [0.1, 0.15) is 0 Å². The molecule has 22 heavy (non-hydrogen) atoms. The van der Waals surface area contributed by atoms with E-state index in [1.54, 1.807) is 0 Å². The minimum absolute atomic E-state index is 0. The van der Waals surface area contributed by atoms with Gasteiger partial charge in [0.15, 0.2) is 0 Å². The Morgan fingerprint density at radius 2 is 2.14 bits per heavy atom. The molecule has 0 radical (unpaired) electrons. The second-order valence-corrected chi connectivity index (χ2v) is 7.36. The lowest BCUT2D eigenvalue weighted by molar-refractivity contribution is -0.135. The Labute approximate surface area is 144 Å². The lowest BCUT2D eigenvalue weighted by Crippen LogP contribution is -2.48. The summed E-state index contributed by atoms with van der Waals surface area (Å²) in [4.78, 5) is 14.6. The van der Waals surface area contributed by atoms with Crippen LogP contribution >= 0.6 is 24.0 Å². The maximum absolute atomic E-state index is 12.6. The molecule has 1 N–H and O–H groups in total. The van der Waals surface area contributed by atoms with Gasteiger partial charge in [-0.2, -0.15) is 0 Å². The van der Waals surface area contributed by atoms with E-state index in [1.165, 1.54) is 0 Å². The number of carbonyl (C=O) groups excluding carboxylic acids is 1. The van der Waals surface area contributed by atoms with E-state index >= 15 is 0 Å². The van der Waals surface area contributed by atoms with Gasteiger partial charge >= 0.3 is 0 Å². The quantitative estimate of drug-likeness (QED) is 0.896. The Hall–Kier alpha value is -0.770. The highest BCUT2D eigenvalue weighted by Crippen LogP contribution is 2.27. The largest absolute Gasteiger partial charge is 0.333 e. The fraction of sp³-hybridized carbons (Fsp3) is 0.588. The molecule has 2 rings (SSSR count). The number of carbonyl (C=O) groups is 1. The standard InChI is InChI=1S/C17H25ClN2O.ClH/c1-17(2,3)8-7-16(21)20-10-9-19-12-15(20)13-5-4-6-14(18)11-13;/h4-6,11,15,19H,7-10,12H2,1-3H3;1H. The van der Waals surface area contributed by atoms with E-state index in [-0.39, 0.29) is 29.8 Å². The molecule has 3 nitrogen and oxygen atoms in total. The number of benzene rings is 1. The number of halogens is 2. The van der Waals surface area contributed by atoms with Crippen LogP contribution in [0.1, 0.15) is 45.2 Å². The highest BCUT2D eigenvalue weighted by atomic mass is 35.5. The van der Waals surface area contributed by atoms with Crippen molar-refractivity contribution < 1.29 is 4.79 Å². The molecule has 1 heterocycles. The van der Waals surface area contributed by atoms with Crippen molar-refractivity contribution >= 4 is 29.9 Å². The number of piperazine rings is 1. The van der Waals surface area contributed by atoms with Gasteiger partial charge in [-0.15, -0.1) is 12.4 Å². The Morgan fingerprint density at radius 3 is 2.77 bits per heavy atom. The summed E-state index contributed by atoms with van der Waals surface area (Å²) in [5, 5.41) is 4.10. The molecule has 5 heteroatoms. The van der Waals surface area contributed by atoms with Crippen molar-refractivity contribution in [3.8, 4) is 0 Å². The van der Waals surface area contributed by atoms with Crippen LogP contribution in [0.5, 0.6) is 0 Å². The van der Waals surface area contributed by atoms with Gasteiger partial charge in [0.25, 0.3) is 0 Å². The Bertz CT molecular complexity index is 500. The number of rotatable bonds is 3. The molecule has 0 spiro atoms. The number of nitrogens with one attached hydrogen (secondary N) is 1. The molecular formula is C17H26Cl2N2O. The molecule has 0 aromatic heterocycles. The maximum atomic E-state index is 12.6. The second kappa shape index (κ2) is 8.19. The zero-order valence-electron chi connectivity index (χ0n) is 13.6. The maximum Gasteiger partial charge on any atom is 0.223 e. The third kappa shape index (κ3) is 5.45. The monoisotopic (exact) mass is 344 g/mol. The summed E-state index contributed by atoms with van der Waals surface area (Å²) >= 11 is 6.09. The van der Waals surface area contributed by atoms with E-state index in [2.05, 4.69) is 26.1 Å². The third-order valence-corrected chi connectivity index (χ3v) is 4.12. The fourth-order valence-corrected chi connectivity index (χ4v) is 2.84. The van der Waals surface area contributed by atoms with Gasteiger partial charge in [-0.05, 0) is 29.5 Å². The lowest BCUT2D eigenvalue weighted by atomic mass is 9.90. The highest BCUT2D eigenvalue weighted by molar-refractivity contribution is 6.30. The molecule has 0 aliphatic carbocycles. The summed E-state index contributed by atoms with van der Waals surface area (Å²) in [5.41, 5.74) is 1.30. The predicted octanol–water partition coefficient (Wildman–Crippen LogP) is 4.06. The first-order chi connectivity index (χ1) is 9.87. The molecule has 1 amide bonds. The molecule has 1 unspecified atom stereocenters. The zero-order valence-corrected chi connectivity index (χ0v) is 15.1. The van der Waals surface area contributed by atoms with Crippen LogP contribution in [0, 0.1) is 5.41 Å². The van der Waals surface area contributed by atoms with E-state index in [0.717, 1.165) is 36.6 Å². The number of nitrogens with zero attached hydrogens (tertiary/aromatic N) is 1. The minimum Gasteiger partial charge on any atom is -0.333 e. The van der Waals surface area contributed by atoms with E-state index < -0.39 is 0 Å². The first-order valence-corrected chi connectivity index (χ1v) is 8.00. The van der Waals surface area contributed by atoms with Crippen LogP contribution in [-0.2, 0) is 4.79 Å². The first-order valence-electron chi connectivity index (χ1n) is 7.62. The van der Waals surface area contributed by atoms with Gasteiger partial charge in [-0.1, -0.05) is 44.5 Å². The molecule has 1 atom stereocenters. The minimum atomic E-state index is 0. The van der Waals surface area contributed by atoms with Crippen molar-refractivity contribution in [2.75, 3.05) is 19.6 Å². The smallest absolute Gasteiger partial charge is 0.223 e. The van der Waals surface area contributed by atoms with Crippen LogP contribution in [-0.4, -0.2) is 30.4 Å². The van der Waals surface area contributed by atoms with Gasteiger partial charge in [-0.25, -0.2) is 0 Å². The molecule has 1 fully saturated rings. The van der Waals surface area contributed by atoms with Crippen LogP contribution in [0.25, 0.3) is 0 Å². The van der Waals surface area contributed by atoms with Gasteiger partial charge in [0.2, 0.25) is 5.91 Å². The van der Waals surface area contributed by atoms with Gasteiger partial charge in [0, 0.05) is 31.1 Å². The van der Waals surface area contributed by atoms with E-state index in [4.69, 9.17) is 11.6 Å². The van der Waals surface area contributed by atoms with E-state index in [0.29, 0.717) is 6.42 Å². The van der Waals surface area contributed by atoms with Crippen molar-refractivity contribution in [2.24, 2.45) is 5.41 Å². The molecule has 124 valence electrons. The van der Waals surface area contributed by atoms with Crippen LogP contribution < -0.4 is 5.32 Å². The number of hydrogen-bond acceptors (Lipinski definition) is 2.